The Balaban J connectivity index is 2.51. The summed E-state index contributed by atoms with van der Waals surface area (Å²) in [6, 6.07) is 0. The van der Waals surface area contributed by atoms with Crippen molar-refractivity contribution in [3.63, 3.8) is 0 Å². The van der Waals surface area contributed by atoms with Crippen molar-refractivity contribution in [1.29, 1.82) is 0 Å². The molecule has 0 aromatic carbocycles. The molecule has 0 aliphatic carbocycles. The largest absolute Gasteiger partial charge is 0.277 e. The molecule has 5 nitrogen and oxygen atoms in total. The average Bonchev–Trinajstić information content (AvgIpc) is 2.58. The highest BCUT2D eigenvalue weighted by Crippen LogP contribution is 2.09. The minimum atomic E-state index is -0.0197. The van der Waals surface area contributed by atoms with Gasteiger partial charge < -0.3 is 0 Å². The molecule has 0 unspecified atom stereocenters. The predicted molar refractivity (Wildman–Crippen MR) is 66.2 cm³/mol. The Morgan fingerprint density at radius 1 is 1.29 bits per heavy atom. The third-order valence-corrected chi connectivity index (χ3v) is 2.88. The van der Waals surface area contributed by atoms with Crippen molar-refractivity contribution in [3.8, 4) is 0 Å². The predicted octanol–water partition coefficient (Wildman–Crippen LogP) is 1.62. The summed E-state index contributed by atoms with van der Waals surface area (Å²) in [4.78, 5) is 20.8. The van der Waals surface area contributed by atoms with E-state index < -0.39 is 0 Å². The summed E-state index contributed by atoms with van der Waals surface area (Å²) in [7, 11) is 0. The number of aromatic nitrogens is 4. The van der Waals surface area contributed by atoms with Crippen LogP contribution in [0.4, 0.5) is 0 Å². The van der Waals surface area contributed by atoms with Crippen LogP contribution >= 0.6 is 0 Å². The zero-order valence-corrected chi connectivity index (χ0v) is 10.7. The third-order valence-electron chi connectivity index (χ3n) is 2.88. The summed E-state index contributed by atoms with van der Waals surface area (Å²) >= 11 is 0. The fourth-order valence-corrected chi connectivity index (χ4v) is 1.88. The Bertz CT molecular complexity index is 594. The Hall–Kier alpha value is -1.65. The van der Waals surface area contributed by atoms with E-state index in [1.165, 1.54) is 4.52 Å². The van der Waals surface area contributed by atoms with Crippen LogP contribution in [0.15, 0.2) is 4.79 Å². The van der Waals surface area contributed by atoms with E-state index in [1.54, 1.807) is 0 Å². The van der Waals surface area contributed by atoms with Gasteiger partial charge in [0.15, 0.2) is 0 Å². The Kier molecular flexibility index (Phi) is 3.00. The SMILES string of the molecule is Cc1nc2nc(C)c(CCC(C)C)c(=O)n2[nH]1. The number of aromatic amines is 1. The van der Waals surface area contributed by atoms with E-state index in [1.807, 2.05) is 13.8 Å². The van der Waals surface area contributed by atoms with Gasteiger partial charge in [0.25, 0.3) is 11.3 Å². The Morgan fingerprint density at radius 2 is 2.00 bits per heavy atom. The molecule has 92 valence electrons. The van der Waals surface area contributed by atoms with Crippen LogP contribution in [0.1, 0.15) is 37.4 Å². The minimum Gasteiger partial charge on any atom is -0.275 e. The number of nitrogens with zero attached hydrogens (tertiary/aromatic N) is 3. The molecule has 0 spiro atoms. The number of aryl methyl sites for hydroxylation is 2. The Morgan fingerprint density at radius 3 is 2.65 bits per heavy atom. The molecule has 2 aromatic heterocycles. The van der Waals surface area contributed by atoms with E-state index in [0.29, 0.717) is 17.5 Å². The van der Waals surface area contributed by atoms with Gasteiger partial charge in [0.1, 0.15) is 5.82 Å². The van der Waals surface area contributed by atoms with E-state index in [2.05, 4.69) is 28.9 Å². The molecule has 0 saturated heterocycles. The number of rotatable bonds is 3. The molecule has 0 aliphatic heterocycles. The first-order chi connectivity index (χ1) is 7.99. The van der Waals surface area contributed by atoms with Crippen LogP contribution in [0.2, 0.25) is 0 Å². The van der Waals surface area contributed by atoms with Crippen molar-refractivity contribution in [1.82, 2.24) is 19.6 Å². The van der Waals surface area contributed by atoms with Crippen molar-refractivity contribution in [2.75, 3.05) is 0 Å². The van der Waals surface area contributed by atoms with Crippen LogP contribution in [-0.4, -0.2) is 19.6 Å². The van der Waals surface area contributed by atoms with Gasteiger partial charge in [0, 0.05) is 5.56 Å². The maximum Gasteiger partial charge on any atom is 0.277 e. The molecule has 2 rings (SSSR count). The van der Waals surface area contributed by atoms with Crippen LogP contribution in [0, 0.1) is 19.8 Å². The van der Waals surface area contributed by atoms with Gasteiger partial charge in [-0.3, -0.25) is 9.89 Å². The molecule has 2 aromatic rings. The molecule has 0 aliphatic rings. The molecule has 1 N–H and O–H groups in total. The Labute approximate surface area is 99.9 Å². The molecule has 5 heteroatoms. The van der Waals surface area contributed by atoms with E-state index in [4.69, 9.17) is 0 Å². The zero-order chi connectivity index (χ0) is 12.6. The maximum absolute atomic E-state index is 12.2. The topological polar surface area (TPSA) is 63.1 Å². The molecule has 17 heavy (non-hydrogen) atoms. The summed E-state index contributed by atoms with van der Waals surface area (Å²) < 4.78 is 1.43. The monoisotopic (exact) mass is 234 g/mol. The number of hydrogen-bond acceptors (Lipinski definition) is 3. The molecular weight excluding hydrogens is 216 g/mol. The van der Waals surface area contributed by atoms with Crippen LogP contribution in [0.25, 0.3) is 5.78 Å². The van der Waals surface area contributed by atoms with Crippen LogP contribution in [0.3, 0.4) is 0 Å². The lowest BCUT2D eigenvalue weighted by atomic mass is 10.0. The van der Waals surface area contributed by atoms with E-state index >= 15 is 0 Å². The summed E-state index contributed by atoms with van der Waals surface area (Å²) in [6.07, 6.45) is 1.77. The second kappa shape index (κ2) is 4.31. The van der Waals surface area contributed by atoms with Crippen molar-refractivity contribution in [2.24, 2.45) is 5.92 Å². The van der Waals surface area contributed by atoms with Gasteiger partial charge in [-0.2, -0.15) is 9.50 Å². The highest BCUT2D eigenvalue weighted by atomic mass is 16.1. The van der Waals surface area contributed by atoms with Crippen molar-refractivity contribution >= 4 is 5.78 Å². The first-order valence-corrected chi connectivity index (χ1v) is 5.94. The number of H-pyrrole nitrogens is 1. The molecule has 0 fully saturated rings. The van der Waals surface area contributed by atoms with E-state index in [0.717, 1.165) is 24.1 Å². The summed E-state index contributed by atoms with van der Waals surface area (Å²) in [5, 5.41) is 2.91. The molecule has 0 saturated carbocycles. The smallest absolute Gasteiger partial charge is 0.275 e. The van der Waals surface area contributed by atoms with Crippen molar-refractivity contribution in [2.45, 2.75) is 40.5 Å². The fraction of sp³-hybridized carbons (Fsp3) is 0.583. The van der Waals surface area contributed by atoms with Gasteiger partial charge in [0.2, 0.25) is 0 Å². The second-order valence-corrected chi connectivity index (χ2v) is 4.86. The van der Waals surface area contributed by atoms with Crippen molar-refractivity contribution < 1.29 is 0 Å². The number of fused-ring (bicyclic) bond motifs is 1. The van der Waals surface area contributed by atoms with Crippen molar-refractivity contribution in [3.05, 3.63) is 27.4 Å². The van der Waals surface area contributed by atoms with E-state index in [9.17, 15) is 4.79 Å². The molecular formula is C12H18N4O. The van der Waals surface area contributed by atoms with E-state index in [-0.39, 0.29) is 5.56 Å². The van der Waals surface area contributed by atoms with Gasteiger partial charge in [-0.05, 0) is 32.6 Å². The van der Waals surface area contributed by atoms with Crippen LogP contribution in [0.5, 0.6) is 0 Å². The highest BCUT2D eigenvalue weighted by Gasteiger charge is 2.12. The van der Waals surface area contributed by atoms with Gasteiger partial charge in [-0.1, -0.05) is 13.8 Å². The molecule has 0 bridgehead atoms. The molecule has 0 radical (unpaired) electrons. The van der Waals surface area contributed by atoms with Crippen LogP contribution in [-0.2, 0) is 6.42 Å². The summed E-state index contributed by atoms with van der Waals surface area (Å²) in [6.45, 7) is 8.00. The summed E-state index contributed by atoms with van der Waals surface area (Å²) in [5.74, 6) is 1.74. The van der Waals surface area contributed by atoms with Gasteiger partial charge in [-0.25, -0.2) is 4.98 Å². The first kappa shape index (κ1) is 11.8. The number of hydrogen-bond donors (Lipinski definition) is 1. The lowest BCUT2D eigenvalue weighted by Crippen LogP contribution is -2.22. The quantitative estimate of drug-likeness (QED) is 0.877. The fourth-order valence-electron chi connectivity index (χ4n) is 1.88. The standard InChI is InChI=1S/C12H18N4O/c1-7(2)5-6-10-8(3)13-12-14-9(4)15-16(12)11(10)17/h7H,5-6H2,1-4H3,(H,13,14,15). The van der Waals surface area contributed by atoms with Gasteiger partial charge >= 0.3 is 0 Å². The number of nitrogens with one attached hydrogen (secondary N) is 1. The lowest BCUT2D eigenvalue weighted by Gasteiger charge is -2.06. The first-order valence-electron chi connectivity index (χ1n) is 5.94. The maximum atomic E-state index is 12.2. The van der Waals surface area contributed by atoms with Gasteiger partial charge in [-0.15, -0.1) is 0 Å². The average molecular weight is 234 g/mol. The summed E-state index contributed by atoms with van der Waals surface area (Å²) in [5.41, 5.74) is 1.57. The highest BCUT2D eigenvalue weighted by molar-refractivity contribution is 5.31. The van der Waals surface area contributed by atoms with Gasteiger partial charge in [0.05, 0.1) is 5.69 Å². The lowest BCUT2D eigenvalue weighted by molar-refractivity contribution is 0.581. The normalized spacial score (nSPS) is 11.6. The third kappa shape index (κ3) is 2.23. The zero-order valence-electron chi connectivity index (χ0n) is 10.7. The molecule has 0 atom stereocenters. The minimum absolute atomic E-state index is 0.0197. The second-order valence-electron chi connectivity index (χ2n) is 4.86. The molecule has 2 heterocycles. The van der Waals surface area contributed by atoms with Crippen LogP contribution < -0.4 is 5.56 Å². The molecule has 0 amide bonds.